The van der Waals surface area contributed by atoms with Crippen molar-refractivity contribution in [2.24, 2.45) is 0 Å². The number of aliphatic hydroxyl groups is 1. The van der Waals surface area contributed by atoms with E-state index in [4.69, 9.17) is 0 Å². The number of hydrogen-bond donors (Lipinski definition) is 1. The Morgan fingerprint density at radius 2 is 1.47 bits per heavy atom. The molecule has 0 radical (unpaired) electrons. The van der Waals surface area contributed by atoms with Gasteiger partial charge in [-0.05, 0) is 24.6 Å². The Hall–Kier alpha value is -1.88. The first-order valence-corrected chi connectivity index (χ1v) is 5.48. The third-order valence-corrected chi connectivity index (χ3v) is 2.83. The summed E-state index contributed by atoms with van der Waals surface area (Å²) in [5, 5.41) is 9.93. The second kappa shape index (κ2) is 5.01. The summed E-state index contributed by atoms with van der Waals surface area (Å²) in [6.45, 7) is 1.39. The van der Waals surface area contributed by atoms with Crippen molar-refractivity contribution in [3.63, 3.8) is 0 Å². The number of benzene rings is 2. The van der Waals surface area contributed by atoms with Gasteiger partial charge in [0.25, 0.3) is 0 Å². The molecule has 2 rings (SSSR count). The number of rotatable bonds is 2. The molecule has 0 bridgehead atoms. The average Bonchev–Trinajstić information content (AvgIpc) is 2.33. The molecule has 0 aromatic heterocycles. The van der Waals surface area contributed by atoms with Crippen LogP contribution in [0.25, 0.3) is 0 Å². The molecule has 0 fully saturated rings. The zero-order valence-corrected chi connectivity index (χ0v) is 9.92. The molecule has 1 unspecified atom stereocenters. The maximum atomic E-state index is 13.6. The minimum atomic E-state index is -1.63. The molecule has 0 heterocycles. The molecule has 0 aliphatic carbocycles. The Kier molecular flexibility index (Phi) is 3.57. The molecule has 0 spiro atoms. The number of halogens is 4. The summed E-state index contributed by atoms with van der Waals surface area (Å²) >= 11 is 0. The van der Waals surface area contributed by atoms with E-state index in [1.807, 2.05) is 0 Å². The highest BCUT2D eigenvalue weighted by molar-refractivity contribution is 5.34. The van der Waals surface area contributed by atoms with Gasteiger partial charge < -0.3 is 5.11 Å². The lowest BCUT2D eigenvalue weighted by Gasteiger charge is -2.14. The highest BCUT2D eigenvalue weighted by atomic mass is 19.1. The van der Waals surface area contributed by atoms with Crippen LogP contribution in [0.5, 0.6) is 0 Å². The quantitative estimate of drug-likeness (QED) is 0.826. The highest BCUT2D eigenvalue weighted by Crippen LogP contribution is 2.28. The number of hydrogen-bond acceptors (Lipinski definition) is 1. The van der Waals surface area contributed by atoms with Gasteiger partial charge in [-0.3, -0.25) is 0 Å². The molecule has 100 valence electrons. The maximum absolute atomic E-state index is 13.6. The lowest BCUT2D eigenvalue weighted by Crippen LogP contribution is -2.06. The topological polar surface area (TPSA) is 20.2 Å². The largest absolute Gasteiger partial charge is 0.383 e. The molecule has 0 aliphatic heterocycles. The summed E-state index contributed by atoms with van der Waals surface area (Å²) in [4.78, 5) is 0. The van der Waals surface area contributed by atoms with Crippen molar-refractivity contribution in [1.82, 2.24) is 0 Å². The molecule has 0 amide bonds. The second-order valence-corrected chi connectivity index (χ2v) is 4.19. The summed E-state index contributed by atoms with van der Waals surface area (Å²) in [7, 11) is 0. The molecule has 1 N–H and O–H groups in total. The van der Waals surface area contributed by atoms with Crippen LogP contribution in [-0.2, 0) is 0 Å². The Bertz CT molecular complexity index is 625. The third-order valence-electron chi connectivity index (χ3n) is 2.83. The van der Waals surface area contributed by atoms with E-state index >= 15 is 0 Å². The van der Waals surface area contributed by atoms with E-state index in [1.54, 1.807) is 0 Å². The van der Waals surface area contributed by atoms with Gasteiger partial charge >= 0.3 is 0 Å². The predicted octanol–water partition coefficient (Wildman–Crippen LogP) is 3.63. The van der Waals surface area contributed by atoms with Crippen LogP contribution in [0.15, 0.2) is 30.3 Å². The molecule has 0 saturated heterocycles. The van der Waals surface area contributed by atoms with Crippen molar-refractivity contribution in [2.45, 2.75) is 13.0 Å². The monoisotopic (exact) mass is 270 g/mol. The summed E-state index contributed by atoms with van der Waals surface area (Å²) in [5.41, 5.74) is -0.409. The van der Waals surface area contributed by atoms with E-state index in [2.05, 4.69) is 0 Å². The molecule has 1 nitrogen and oxygen atoms in total. The van der Waals surface area contributed by atoms with Crippen molar-refractivity contribution in [3.05, 3.63) is 70.3 Å². The fraction of sp³-hybridized carbons (Fsp3) is 0.143. The van der Waals surface area contributed by atoms with Gasteiger partial charge in [0.05, 0.1) is 0 Å². The molecule has 2 aromatic rings. The van der Waals surface area contributed by atoms with Gasteiger partial charge in [-0.15, -0.1) is 0 Å². The van der Waals surface area contributed by atoms with Gasteiger partial charge in [-0.25, -0.2) is 17.6 Å². The minimum Gasteiger partial charge on any atom is -0.383 e. The van der Waals surface area contributed by atoms with Gasteiger partial charge in [0, 0.05) is 23.3 Å². The van der Waals surface area contributed by atoms with Crippen LogP contribution in [0.2, 0.25) is 0 Å². The van der Waals surface area contributed by atoms with E-state index in [0.29, 0.717) is 12.1 Å². The molecule has 5 heteroatoms. The molecular formula is C14H10F4O. The third kappa shape index (κ3) is 2.61. The van der Waals surface area contributed by atoms with Gasteiger partial charge in [0.15, 0.2) is 0 Å². The Morgan fingerprint density at radius 1 is 0.842 bits per heavy atom. The van der Waals surface area contributed by atoms with E-state index in [9.17, 15) is 22.7 Å². The van der Waals surface area contributed by atoms with Crippen LogP contribution in [0.3, 0.4) is 0 Å². The zero-order valence-electron chi connectivity index (χ0n) is 9.92. The minimum absolute atomic E-state index is 0.123. The summed E-state index contributed by atoms with van der Waals surface area (Å²) in [6.07, 6.45) is -1.63. The van der Waals surface area contributed by atoms with E-state index in [1.165, 1.54) is 6.92 Å². The first-order valence-electron chi connectivity index (χ1n) is 5.48. The summed E-state index contributed by atoms with van der Waals surface area (Å²) < 4.78 is 53.0. The maximum Gasteiger partial charge on any atom is 0.132 e. The Morgan fingerprint density at radius 3 is 2.11 bits per heavy atom. The molecule has 19 heavy (non-hydrogen) atoms. The molecule has 0 saturated carbocycles. The van der Waals surface area contributed by atoms with Crippen molar-refractivity contribution in [1.29, 1.82) is 0 Å². The normalized spacial score (nSPS) is 12.5. The van der Waals surface area contributed by atoms with Gasteiger partial charge in [-0.1, -0.05) is 6.07 Å². The average molecular weight is 270 g/mol. The van der Waals surface area contributed by atoms with Crippen LogP contribution in [0.4, 0.5) is 17.6 Å². The predicted molar refractivity (Wildman–Crippen MR) is 61.5 cm³/mol. The van der Waals surface area contributed by atoms with E-state index in [-0.39, 0.29) is 16.7 Å². The fourth-order valence-electron chi connectivity index (χ4n) is 1.78. The van der Waals surface area contributed by atoms with Crippen molar-refractivity contribution >= 4 is 0 Å². The van der Waals surface area contributed by atoms with Crippen molar-refractivity contribution in [3.8, 4) is 0 Å². The molecule has 2 aromatic carbocycles. The Balaban J connectivity index is 2.49. The molecule has 0 aliphatic rings. The first kappa shape index (κ1) is 13.5. The highest BCUT2D eigenvalue weighted by Gasteiger charge is 2.20. The van der Waals surface area contributed by atoms with Crippen LogP contribution in [-0.4, -0.2) is 5.11 Å². The smallest absolute Gasteiger partial charge is 0.132 e. The van der Waals surface area contributed by atoms with Gasteiger partial charge in [-0.2, -0.15) is 0 Å². The second-order valence-electron chi connectivity index (χ2n) is 4.19. The zero-order chi connectivity index (χ0) is 14.2. The molecular weight excluding hydrogens is 260 g/mol. The molecule has 1 atom stereocenters. The summed E-state index contributed by atoms with van der Waals surface area (Å²) in [5.74, 6) is -3.54. The van der Waals surface area contributed by atoms with Crippen LogP contribution in [0, 0.1) is 30.2 Å². The lowest BCUT2D eigenvalue weighted by molar-refractivity contribution is 0.209. The van der Waals surface area contributed by atoms with Gasteiger partial charge in [0.1, 0.15) is 29.4 Å². The first-order chi connectivity index (χ1) is 8.90. The van der Waals surface area contributed by atoms with E-state index in [0.717, 1.165) is 18.2 Å². The SMILES string of the molecule is Cc1cc(C(O)c2ccc(F)cc2F)c(F)cc1F. The summed E-state index contributed by atoms with van der Waals surface area (Å²) in [6, 6.07) is 4.28. The van der Waals surface area contributed by atoms with E-state index < -0.39 is 29.4 Å². The standard InChI is InChI=1S/C14H10F4O/c1-7-4-10(13(18)6-11(7)16)14(19)9-3-2-8(15)5-12(9)17/h2-6,14,19H,1H3. The number of aliphatic hydroxyl groups excluding tert-OH is 1. The van der Waals surface area contributed by atoms with Crippen molar-refractivity contribution in [2.75, 3.05) is 0 Å². The van der Waals surface area contributed by atoms with Crippen molar-refractivity contribution < 1.29 is 22.7 Å². The number of aryl methyl sites for hydroxylation is 1. The lowest BCUT2D eigenvalue weighted by atomic mass is 9.98. The van der Waals surface area contributed by atoms with Gasteiger partial charge in [0.2, 0.25) is 0 Å². The fourth-order valence-corrected chi connectivity index (χ4v) is 1.78. The van der Waals surface area contributed by atoms with Crippen LogP contribution >= 0.6 is 0 Å². The van der Waals surface area contributed by atoms with Crippen LogP contribution < -0.4 is 0 Å². The Labute approximate surface area is 107 Å². The van der Waals surface area contributed by atoms with Crippen LogP contribution in [0.1, 0.15) is 22.8 Å².